The minimum atomic E-state index is -0.925. The lowest BCUT2D eigenvalue weighted by molar-refractivity contribution is -0.138. The summed E-state index contributed by atoms with van der Waals surface area (Å²) in [5.74, 6) is -2.39. The highest BCUT2D eigenvalue weighted by molar-refractivity contribution is 6.40. The molecular weight excluding hydrogens is 581 g/mol. The van der Waals surface area contributed by atoms with Crippen molar-refractivity contribution in [1.29, 1.82) is 0 Å². The van der Waals surface area contributed by atoms with E-state index >= 15 is 0 Å². The van der Waals surface area contributed by atoms with Crippen molar-refractivity contribution in [3.8, 4) is 0 Å². The molecule has 1 aliphatic rings. The Morgan fingerprint density at radius 1 is 0.950 bits per heavy atom. The molecule has 9 nitrogen and oxygen atoms in total. The maximum atomic E-state index is 13.4. The smallest absolute Gasteiger partial charge is 0.340 e. The number of nitrogens with one attached hydrogen (secondary N) is 2. The molecule has 2 aromatic carbocycles. The topological polar surface area (TPSA) is 118 Å². The van der Waals surface area contributed by atoms with Gasteiger partial charge in [-0.1, -0.05) is 34.8 Å². The van der Waals surface area contributed by atoms with Gasteiger partial charge in [0.1, 0.15) is 11.5 Å². The lowest BCUT2D eigenvalue weighted by Gasteiger charge is -2.17. The van der Waals surface area contributed by atoms with Crippen molar-refractivity contribution >= 4 is 75.9 Å². The molecule has 0 saturated heterocycles. The van der Waals surface area contributed by atoms with Gasteiger partial charge in [-0.05, 0) is 74.5 Å². The molecule has 3 aromatic rings. The van der Waals surface area contributed by atoms with Crippen LogP contribution in [0.1, 0.15) is 25.4 Å². The fourth-order valence-corrected chi connectivity index (χ4v) is 4.61. The minimum absolute atomic E-state index is 0.0791. The maximum absolute atomic E-state index is 13.4. The van der Waals surface area contributed by atoms with Crippen molar-refractivity contribution in [1.82, 2.24) is 5.32 Å². The van der Waals surface area contributed by atoms with Gasteiger partial charge in [0, 0.05) is 32.1 Å². The summed E-state index contributed by atoms with van der Waals surface area (Å²) in [6.45, 7) is 3.32. The molecule has 40 heavy (non-hydrogen) atoms. The molecule has 206 valence electrons. The molecule has 1 aromatic heterocycles. The predicted octanol–water partition coefficient (Wildman–Crippen LogP) is 5.76. The van der Waals surface area contributed by atoms with Crippen LogP contribution in [0.25, 0.3) is 6.08 Å². The van der Waals surface area contributed by atoms with Crippen LogP contribution in [0.2, 0.25) is 15.1 Å². The molecule has 2 N–H and O–H groups in total. The Morgan fingerprint density at radius 2 is 1.62 bits per heavy atom. The van der Waals surface area contributed by atoms with E-state index in [4.69, 9.17) is 44.0 Å². The molecule has 0 radical (unpaired) electrons. The second-order valence-electron chi connectivity index (χ2n) is 8.45. The molecule has 4 rings (SSSR count). The number of halogens is 3. The van der Waals surface area contributed by atoms with E-state index < -0.39 is 23.7 Å². The van der Waals surface area contributed by atoms with E-state index in [1.807, 2.05) is 0 Å². The Bertz CT molecular complexity index is 1540. The Morgan fingerprint density at radius 3 is 2.27 bits per heavy atom. The van der Waals surface area contributed by atoms with Gasteiger partial charge >= 0.3 is 17.8 Å². The molecule has 0 aliphatic carbocycles. The van der Waals surface area contributed by atoms with Crippen LogP contribution in [0.3, 0.4) is 0 Å². The molecule has 12 heteroatoms. The van der Waals surface area contributed by atoms with Crippen molar-refractivity contribution in [3.63, 3.8) is 0 Å². The molecule has 0 unspecified atom stereocenters. The molecule has 0 spiro atoms. The Balaban J connectivity index is 1.49. The zero-order valence-corrected chi connectivity index (χ0v) is 23.5. The predicted molar refractivity (Wildman–Crippen MR) is 152 cm³/mol. The average Bonchev–Trinajstić information content (AvgIpc) is 3.44. The number of amides is 3. The molecule has 0 atom stereocenters. The largest absolute Gasteiger partial charge is 0.462 e. The number of allylic oxidation sites excluding steroid dienone is 1. The highest BCUT2D eigenvalue weighted by Crippen LogP contribution is 2.36. The van der Waals surface area contributed by atoms with Gasteiger partial charge in [0.15, 0.2) is 0 Å². The Hall–Kier alpha value is -4.05. The molecular formula is C28H22Cl3N3O6. The first-order valence-electron chi connectivity index (χ1n) is 11.9. The summed E-state index contributed by atoms with van der Waals surface area (Å²) in [6.07, 6.45) is 1.43. The van der Waals surface area contributed by atoms with E-state index in [0.717, 1.165) is 0 Å². The SMILES string of the molecule is CCOC(=O)C1=C(C)N(c2ccc(Cl)cc2)C(=O)/C1=C/c1ccc(CNC(=O)C(=O)Nc2cc(Cl)cc(Cl)c2)o1. The number of benzene rings is 2. The second kappa shape index (κ2) is 12.4. The fraction of sp³-hybridized carbons (Fsp3) is 0.143. The number of nitrogens with zero attached hydrogens (tertiary/aromatic N) is 1. The van der Waals surface area contributed by atoms with E-state index in [1.54, 1.807) is 50.2 Å². The summed E-state index contributed by atoms with van der Waals surface area (Å²) >= 11 is 17.8. The zero-order valence-electron chi connectivity index (χ0n) is 21.2. The van der Waals surface area contributed by atoms with Gasteiger partial charge in [-0.2, -0.15) is 0 Å². The summed E-state index contributed by atoms with van der Waals surface area (Å²) in [4.78, 5) is 52.1. The molecule has 2 heterocycles. The van der Waals surface area contributed by atoms with E-state index in [1.165, 1.54) is 29.2 Å². The quantitative estimate of drug-likeness (QED) is 0.202. The summed E-state index contributed by atoms with van der Waals surface area (Å²) in [6, 6.07) is 14.1. The first-order chi connectivity index (χ1) is 19.1. The molecule has 0 saturated carbocycles. The summed E-state index contributed by atoms with van der Waals surface area (Å²) < 4.78 is 10.9. The summed E-state index contributed by atoms with van der Waals surface area (Å²) in [5, 5.41) is 5.96. The van der Waals surface area contributed by atoms with E-state index in [2.05, 4.69) is 10.6 Å². The van der Waals surface area contributed by atoms with Crippen LogP contribution in [0.5, 0.6) is 0 Å². The molecule has 0 fully saturated rings. The van der Waals surface area contributed by atoms with Crippen LogP contribution in [0.15, 0.2) is 75.9 Å². The number of furan rings is 1. The van der Waals surface area contributed by atoms with Gasteiger partial charge in [0.25, 0.3) is 5.91 Å². The van der Waals surface area contributed by atoms with Gasteiger partial charge in [-0.15, -0.1) is 0 Å². The Kier molecular flexibility index (Phi) is 8.99. The standard InChI is InChI=1S/C28H22Cl3N3O6/c1-3-39-28(38)24-15(2)34(20-6-4-16(29)5-7-20)27(37)23(24)13-21-8-9-22(40-21)14-32-25(35)26(36)33-19-11-17(30)10-18(31)12-19/h4-13H,3,14H2,1-2H3,(H,32,35)(H,33,36)/b23-13+. The monoisotopic (exact) mass is 601 g/mol. The number of esters is 1. The lowest BCUT2D eigenvalue weighted by atomic mass is 10.1. The number of anilines is 2. The van der Waals surface area contributed by atoms with Gasteiger partial charge in [0.2, 0.25) is 0 Å². The van der Waals surface area contributed by atoms with E-state index in [9.17, 15) is 19.2 Å². The maximum Gasteiger partial charge on any atom is 0.340 e. The third kappa shape index (κ3) is 6.56. The third-order valence-electron chi connectivity index (χ3n) is 5.68. The summed E-state index contributed by atoms with van der Waals surface area (Å²) in [7, 11) is 0. The number of hydrogen-bond acceptors (Lipinski definition) is 6. The fourth-order valence-electron chi connectivity index (χ4n) is 3.95. The van der Waals surface area contributed by atoms with E-state index in [0.29, 0.717) is 32.2 Å². The van der Waals surface area contributed by atoms with Crippen LogP contribution in [-0.4, -0.2) is 30.3 Å². The molecule has 0 bridgehead atoms. The highest BCUT2D eigenvalue weighted by Gasteiger charge is 2.38. The van der Waals surface area contributed by atoms with Crippen molar-refractivity contribution < 1.29 is 28.3 Å². The number of carbonyl (C=O) groups excluding carboxylic acids is 4. The van der Waals surface area contributed by atoms with Gasteiger partial charge in [-0.25, -0.2) is 4.79 Å². The average molecular weight is 603 g/mol. The van der Waals surface area contributed by atoms with Crippen molar-refractivity contribution in [3.05, 3.63) is 98.0 Å². The van der Waals surface area contributed by atoms with E-state index in [-0.39, 0.29) is 35.7 Å². The van der Waals surface area contributed by atoms with Crippen molar-refractivity contribution in [2.75, 3.05) is 16.8 Å². The van der Waals surface area contributed by atoms with Crippen molar-refractivity contribution in [2.45, 2.75) is 20.4 Å². The van der Waals surface area contributed by atoms with Gasteiger partial charge in [-0.3, -0.25) is 19.3 Å². The number of rotatable bonds is 7. The van der Waals surface area contributed by atoms with Crippen LogP contribution < -0.4 is 15.5 Å². The van der Waals surface area contributed by atoms with Gasteiger partial charge in [0.05, 0.1) is 24.3 Å². The normalized spacial score (nSPS) is 14.1. The molecule has 1 aliphatic heterocycles. The number of carbonyl (C=O) groups is 4. The third-order valence-corrected chi connectivity index (χ3v) is 6.37. The first kappa shape index (κ1) is 28.9. The van der Waals surface area contributed by atoms with Crippen LogP contribution in [0, 0.1) is 0 Å². The minimum Gasteiger partial charge on any atom is -0.462 e. The second-order valence-corrected chi connectivity index (χ2v) is 9.76. The highest BCUT2D eigenvalue weighted by atomic mass is 35.5. The number of hydrogen-bond donors (Lipinski definition) is 2. The van der Waals surface area contributed by atoms with Crippen LogP contribution >= 0.6 is 34.8 Å². The lowest BCUT2D eigenvalue weighted by Crippen LogP contribution is -2.34. The van der Waals surface area contributed by atoms with Crippen LogP contribution in [0.4, 0.5) is 11.4 Å². The summed E-state index contributed by atoms with van der Waals surface area (Å²) in [5.41, 5.74) is 1.36. The van der Waals surface area contributed by atoms with Crippen molar-refractivity contribution in [2.24, 2.45) is 0 Å². The Labute approximate surface area is 244 Å². The van der Waals surface area contributed by atoms with Crippen LogP contribution in [-0.2, 0) is 30.5 Å². The first-order valence-corrected chi connectivity index (χ1v) is 13.0. The molecule has 3 amide bonds. The van der Waals surface area contributed by atoms with Gasteiger partial charge < -0.3 is 19.8 Å². The zero-order chi connectivity index (χ0) is 29.0. The number of ether oxygens (including phenoxy) is 1.